The molecule has 0 aliphatic heterocycles. The Hall–Kier alpha value is -2.16. The van der Waals surface area contributed by atoms with E-state index < -0.39 is 0 Å². The number of anilines is 1. The van der Waals surface area contributed by atoms with Crippen LogP contribution in [0.5, 0.6) is 17.2 Å². The SMILES string of the molecule is CN(c1ccc(Oc2ccc(O)cc2)cc1)C1CC1. The molecule has 0 bridgehead atoms. The highest BCUT2D eigenvalue weighted by Crippen LogP contribution is 2.31. The van der Waals surface area contributed by atoms with E-state index in [0.29, 0.717) is 6.04 Å². The van der Waals surface area contributed by atoms with E-state index in [4.69, 9.17) is 4.74 Å². The molecule has 1 aliphatic carbocycles. The predicted molar refractivity (Wildman–Crippen MR) is 76.0 cm³/mol. The lowest BCUT2D eigenvalue weighted by Gasteiger charge is -2.18. The van der Waals surface area contributed by atoms with Crippen LogP contribution in [-0.4, -0.2) is 18.2 Å². The molecule has 3 rings (SSSR count). The van der Waals surface area contributed by atoms with E-state index in [9.17, 15) is 5.11 Å². The molecule has 0 atom stereocenters. The van der Waals surface area contributed by atoms with Crippen molar-refractivity contribution < 1.29 is 9.84 Å². The lowest BCUT2D eigenvalue weighted by atomic mass is 10.2. The zero-order chi connectivity index (χ0) is 13.2. The summed E-state index contributed by atoms with van der Waals surface area (Å²) in [6.45, 7) is 0. The molecule has 1 aliphatic rings. The Morgan fingerprint density at radius 2 is 1.47 bits per heavy atom. The smallest absolute Gasteiger partial charge is 0.127 e. The fraction of sp³-hybridized carbons (Fsp3) is 0.250. The van der Waals surface area contributed by atoms with Gasteiger partial charge in [0, 0.05) is 18.8 Å². The van der Waals surface area contributed by atoms with Gasteiger partial charge in [-0.05, 0) is 61.4 Å². The van der Waals surface area contributed by atoms with E-state index in [-0.39, 0.29) is 5.75 Å². The molecule has 19 heavy (non-hydrogen) atoms. The highest BCUT2D eigenvalue weighted by Gasteiger charge is 2.26. The third-order valence-electron chi connectivity index (χ3n) is 3.41. The summed E-state index contributed by atoms with van der Waals surface area (Å²) in [7, 11) is 2.13. The average Bonchev–Trinajstić information content (AvgIpc) is 3.26. The molecule has 2 aromatic rings. The molecule has 0 spiro atoms. The summed E-state index contributed by atoms with van der Waals surface area (Å²) in [5.74, 6) is 1.77. The molecular formula is C16H17NO2. The molecule has 0 unspecified atom stereocenters. The maximum Gasteiger partial charge on any atom is 0.127 e. The molecule has 98 valence electrons. The van der Waals surface area contributed by atoms with Gasteiger partial charge in [0.1, 0.15) is 17.2 Å². The maximum absolute atomic E-state index is 9.22. The quantitative estimate of drug-likeness (QED) is 0.902. The Balaban J connectivity index is 1.70. The molecule has 1 fully saturated rings. The van der Waals surface area contributed by atoms with Crippen molar-refractivity contribution in [2.75, 3.05) is 11.9 Å². The number of aromatic hydroxyl groups is 1. The van der Waals surface area contributed by atoms with Crippen LogP contribution in [0.25, 0.3) is 0 Å². The summed E-state index contributed by atoms with van der Waals surface area (Å²) in [6, 6.07) is 15.5. The largest absolute Gasteiger partial charge is 0.508 e. The number of phenols is 1. The Labute approximate surface area is 113 Å². The van der Waals surface area contributed by atoms with Crippen molar-refractivity contribution in [2.24, 2.45) is 0 Å². The maximum atomic E-state index is 9.22. The molecule has 0 radical (unpaired) electrons. The topological polar surface area (TPSA) is 32.7 Å². The highest BCUT2D eigenvalue weighted by atomic mass is 16.5. The summed E-state index contributed by atoms with van der Waals surface area (Å²) in [5.41, 5.74) is 1.22. The second-order valence-electron chi connectivity index (χ2n) is 4.93. The van der Waals surface area contributed by atoms with Gasteiger partial charge in [0.15, 0.2) is 0 Å². The normalized spacial score (nSPS) is 14.2. The van der Waals surface area contributed by atoms with Crippen LogP contribution in [-0.2, 0) is 0 Å². The Morgan fingerprint density at radius 1 is 0.947 bits per heavy atom. The van der Waals surface area contributed by atoms with Gasteiger partial charge >= 0.3 is 0 Å². The van der Waals surface area contributed by atoms with Crippen molar-refractivity contribution in [3.63, 3.8) is 0 Å². The first-order chi connectivity index (χ1) is 9.22. The van der Waals surface area contributed by atoms with Gasteiger partial charge in [0.25, 0.3) is 0 Å². The Bertz CT molecular complexity index is 544. The second-order valence-corrected chi connectivity index (χ2v) is 4.93. The number of phenolic OH excluding ortho intramolecular Hbond substituents is 1. The van der Waals surface area contributed by atoms with Gasteiger partial charge in [-0.25, -0.2) is 0 Å². The zero-order valence-corrected chi connectivity index (χ0v) is 10.9. The van der Waals surface area contributed by atoms with E-state index in [1.54, 1.807) is 24.3 Å². The molecule has 0 saturated heterocycles. The van der Waals surface area contributed by atoms with Crippen molar-refractivity contribution in [3.8, 4) is 17.2 Å². The van der Waals surface area contributed by atoms with Gasteiger partial charge in [-0.15, -0.1) is 0 Å². The van der Waals surface area contributed by atoms with Crippen LogP contribution >= 0.6 is 0 Å². The number of rotatable bonds is 4. The summed E-state index contributed by atoms with van der Waals surface area (Å²) in [6.07, 6.45) is 2.59. The number of hydrogen-bond acceptors (Lipinski definition) is 3. The van der Waals surface area contributed by atoms with Crippen molar-refractivity contribution in [3.05, 3.63) is 48.5 Å². The minimum absolute atomic E-state index is 0.244. The van der Waals surface area contributed by atoms with Crippen LogP contribution in [0.3, 0.4) is 0 Å². The van der Waals surface area contributed by atoms with Crippen LogP contribution in [0.2, 0.25) is 0 Å². The molecule has 3 heteroatoms. The second kappa shape index (κ2) is 4.84. The first-order valence-corrected chi connectivity index (χ1v) is 6.52. The zero-order valence-electron chi connectivity index (χ0n) is 10.9. The molecule has 0 amide bonds. The monoisotopic (exact) mass is 255 g/mol. The summed E-state index contributed by atoms with van der Waals surface area (Å²) in [4.78, 5) is 2.31. The van der Waals surface area contributed by atoms with Crippen molar-refractivity contribution in [2.45, 2.75) is 18.9 Å². The number of benzene rings is 2. The van der Waals surface area contributed by atoms with Gasteiger partial charge in [0.2, 0.25) is 0 Å². The van der Waals surface area contributed by atoms with E-state index in [2.05, 4.69) is 24.1 Å². The fourth-order valence-corrected chi connectivity index (χ4v) is 2.07. The summed E-state index contributed by atoms with van der Waals surface area (Å²) >= 11 is 0. The molecule has 2 aromatic carbocycles. The highest BCUT2D eigenvalue weighted by molar-refractivity contribution is 5.50. The van der Waals surface area contributed by atoms with Crippen LogP contribution < -0.4 is 9.64 Å². The Kier molecular flexibility index (Phi) is 3.03. The van der Waals surface area contributed by atoms with Gasteiger partial charge in [-0.1, -0.05) is 0 Å². The summed E-state index contributed by atoms with van der Waals surface area (Å²) < 4.78 is 5.71. The molecule has 0 aromatic heterocycles. The average molecular weight is 255 g/mol. The van der Waals surface area contributed by atoms with Crippen LogP contribution in [0.15, 0.2) is 48.5 Å². The van der Waals surface area contributed by atoms with E-state index in [1.807, 2.05) is 12.1 Å². The third kappa shape index (κ3) is 2.81. The predicted octanol–water partition coefficient (Wildman–Crippen LogP) is 3.78. The number of hydrogen-bond donors (Lipinski definition) is 1. The van der Waals surface area contributed by atoms with Gasteiger partial charge in [-0.2, -0.15) is 0 Å². The van der Waals surface area contributed by atoms with Crippen molar-refractivity contribution in [1.82, 2.24) is 0 Å². The first kappa shape index (κ1) is 11.9. The molecule has 3 nitrogen and oxygen atoms in total. The van der Waals surface area contributed by atoms with Gasteiger partial charge in [-0.3, -0.25) is 0 Å². The number of nitrogens with zero attached hydrogens (tertiary/aromatic N) is 1. The van der Waals surface area contributed by atoms with Crippen LogP contribution in [0.4, 0.5) is 5.69 Å². The molecule has 1 N–H and O–H groups in total. The minimum atomic E-state index is 0.244. The lowest BCUT2D eigenvalue weighted by molar-refractivity contribution is 0.464. The lowest BCUT2D eigenvalue weighted by Crippen LogP contribution is -2.18. The van der Waals surface area contributed by atoms with E-state index in [1.165, 1.54) is 18.5 Å². The number of ether oxygens (including phenoxy) is 1. The van der Waals surface area contributed by atoms with Crippen LogP contribution in [0.1, 0.15) is 12.8 Å². The van der Waals surface area contributed by atoms with E-state index >= 15 is 0 Å². The van der Waals surface area contributed by atoms with Crippen molar-refractivity contribution >= 4 is 5.69 Å². The van der Waals surface area contributed by atoms with E-state index in [0.717, 1.165) is 11.5 Å². The molecular weight excluding hydrogens is 238 g/mol. The standard InChI is InChI=1S/C16H17NO2/c1-17(12-2-3-12)13-4-8-15(9-5-13)19-16-10-6-14(18)7-11-16/h4-12,18H,2-3H2,1H3. The van der Waals surface area contributed by atoms with Gasteiger partial charge < -0.3 is 14.7 Å². The minimum Gasteiger partial charge on any atom is -0.508 e. The third-order valence-corrected chi connectivity index (χ3v) is 3.41. The molecule has 0 heterocycles. The first-order valence-electron chi connectivity index (χ1n) is 6.52. The summed E-state index contributed by atoms with van der Waals surface area (Å²) in [5, 5.41) is 9.22. The molecule has 1 saturated carbocycles. The van der Waals surface area contributed by atoms with Gasteiger partial charge in [0.05, 0.1) is 0 Å². The van der Waals surface area contributed by atoms with Crippen LogP contribution in [0, 0.1) is 0 Å². The Morgan fingerprint density at radius 3 is 2.00 bits per heavy atom. The van der Waals surface area contributed by atoms with Crippen molar-refractivity contribution in [1.29, 1.82) is 0 Å². The fourth-order valence-electron chi connectivity index (χ4n) is 2.07.